The highest BCUT2D eigenvalue weighted by Gasteiger charge is 2.11. The Balaban J connectivity index is 2.45. The molecule has 1 amide bonds. The molecule has 0 aliphatic carbocycles. The van der Waals surface area contributed by atoms with Crippen LogP contribution in [0, 0.1) is 0 Å². The Morgan fingerprint density at radius 3 is 2.47 bits per heavy atom. The van der Waals surface area contributed by atoms with Gasteiger partial charge in [-0.15, -0.1) is 0 Å². The molecule has 3 nitrogen and oxygen atoms in total. The Kier molecular flexibility index (Phi) is 7.17. The molecule has 1 N–H and O–H groups in total. The van der Waals surface area contributed by atoms with Crippen molar-refractivity contribution in [3.8, 4) is 0 Å². The molecular formula is C14H20Cl2N2O. The van der Waals surface area contributed by atoms with Crippen LogP contribution in [0.5, 0.6) is 0 Å². The van der Waals surface area contributed by atoms with Crippen molar-refractivity contribution in [2.24, 2.45) is 0 Å². The summed E-state index contributed by atoms with van der Waals surface area (Å²) in [6.45, 7) is 4.19. The second kappa shape index (κ2) is 8.39. The summed E-state index contributed by atoms with van der Waals surface area (Å²) in [5, 5.41) is 3.40. The summed E-state index contributed by atoms with van der Waals surface area (Å²) in [5.74, 6) is -0.158. The summed E-state index contributed by atoms with van der Waals surface area (Å²) in [4.78, 5) is 15.8. The van der Waals surface area contributed by atoms with Crippen molar-refractivity contribution in [1.82, 2.24) is 10.3 Å². The van der Waals surface area contributed by atoms with Crippen LogP contribution < -0.4 is 5.32 Å². The number of rotatable bonds is 7. The van der Waals surface area contributed by atoms with E-state index in [2.05, 4.69) is 17.2 Å². The third-order valence-corrected chi connectivity index (χ3v) is 3.28. The Morgan fingerprint density at radius 1 is 1.26 bits per heavy atom. The van der Waals surface area contributed by atoms with Gasteiger partial charge in [0.1, 0.15) is 10.3 Å². The average molecular weight is 303 g/mol. The summed E-state index contributed by atoms with van der Waals surface area (Å²) < 4.78 is 0. The molecule has 5 heteroatoms. The van der Waals surface area contributed by atoms with E-state index in [-0.39, 0.29) is 22.3 Å². The largest absolute Gasteiger partial charge is 0.350 e. The van der Waals surface area contributed by atoms with Gasteiger partial charge < -0.3 is 5.32 Å². The predicted octanol–water partition coefficient (Wildman–Crippen LogP) is 4.48. The number of nitrogens with one attached hydrogen (secondary N) is 1. The first-order valence-corrected chi connectivity index (χ1v) is 7.42. The molecule has 0 aromatic carbocycles. The number of hydrogen-bond donors (Lipinski definition) is 1. The van der Waals surface area contributed by atoms with Crippen molar-refractivity contribution >= 4 is 29.1 Å². The number of halogens is 2. The van der Waals surface area contributed by atoms with Crippen molar-refractivity contribution < 1.29 is 4.79 Å². The quantitative estimate of drug-likeness (QED) is 0.596. The molecule has 0 saturated carbocycles. The number of amides is 1. The lowest BCUT2D eigenvalue weighted by atomic mass is 10.1. The molecule has 19 heavy (non-hydrogen) atoms. The summed E-state index contributed by atoms with van der Waals surface area (Å²) in [7, 11) is 0. The fourth-order valence-corrected chi connectivity index (χ4v) is 2.31. The highest BCUT2D eigenvalue weighted by molar-refractivity contribution is 6.33. The van der Waals surface area contributed by atoms with Gasteiger partial charge in [-0.2, -0.15) is 0 Å². The molecule has 0 saturated heterocycles. The molecule has 0 spiro atoms. The summed E-state index contributed by atoms with van der Waals surface area (Å²) >= 11 is 11.5. The molecule has 1 rings (SSSR count). The molecule has 0 bridgehead atoms. The fraction of sp³-hybridized carbons (Fsp3) is 0.571. The molecule has 1 unspecified atom stereocenters. The molecule has 0 aliphatic rings. The van der Waals surface area contributed by atoms with Gasteiger partial charge in [-0.3, -0.25) is 4.79 Å². The first-order chi connectivity index (χ1) is 9.02. The van der Waals surface area contributed by atoms with E-state index in [4.69, 9.17) is 23.2 Å². The molecule has 1 heterocycles. The van der Waals surface area contributed by atoms with Gasteiger partial charge in [0, 0.05) is 11.6 Å². The van der Waals surface area contributed by atoms with Crippen LogP contribution in [0.2, 0.25) is 10.3 Å². The Labute approximate surface area is 124 Å². The van der Waals surface area contributed by atoms with Crippen LogP contribution in [0.25, 0.3) is 0 Å². The second-order valence-electron chi connectivity index (χ2n) is 4.73. The van der Waals surface area contributed by atoms with Crippen LogP contribution in [0.15, 0.2) is 12.1 Å². The van der Waals surface area contributed by atoms with Gasteiger partial charge in [0.2, 0.25) is 0 Å². The van der Waals surface area contributed by atoms with E-state index in [1.54, 1.807) is 0 Å². The fourth-order valence-electron chi connectivity index (χ4n) is 1.85. The minimum absolute atomic E-state index is 0.148. The number of nitrogens with zero attached hydrogens (tertiary/aromatic N) is 1. The Hall–Kier alpha value is -0.800. The van der Waals surface area contributed by atoms with Crippen LogP contribution in [0.4, 0.5) is 0 Å². The third kappa shape index (κ3) is 6.26. The van der Waals surface area contributed by atoms with E-state index < -0.39 is 0 Å². The van der Waals surface area contributed by atoms with Crippen molar-refractivity contribution in [3.63, 3.8) is 0 Å². The van der Waals surface area contributed by atoms with Gasteiger partial charge in [0.25, 0.3) is 5.91 Å². The SMILES string of the molecule is CCCCCCC(C)NC(=O)c1cc(Cl)nc(Cl)c1. The smallest absolute Gasteiger partial charge is 0.251 e. The Morgan fingerprint density at radius 2 is 1.89 bits per heavy atom. The van der Waals surface area contributed by atoms with Crippen molar-refractivity contribution in [3.05, 3.63) is 28.0 Å². The lowest BCUT2D eigenvalue weighted by molar-refractivity contribution is 0.0938. The molecular weight excluding hydrogens is 283 g/mol. The highest BCUT2D eigenvalue weighted by atomic mass is 35.5. The van der Waals surface area contributed by atoms with Crippen molar-refractivity contribution in [2.75, 3.05) is 0 Å². The molecule has 0 fully saturated rings. The van der Waals surface area contributed by atoms with Gasteiger partial charge >= 0.3 is 0 Å². The van der Waals surface area contributed by atoms with E-state index >= 15 is 0 Å². The molecule has 0 aliphatic heterocycles. The summed E-state index contributed by atoms with van der Waals surface area (Å²) in [5.41, 5.74) is 0.449. The van der Waals surface area contributed by atoms with Crippen LogP contribution >= 0.6 is 23.2 Å². The van der Waals surface area contributed by atoms with Gasteiger partial charge in [0.05, 0.1) is 0 Å². The van der Waals surface area contributed by atoms with E-state index in [0.29, 0.717) is 5.56 Å². The van der Waals surface area contributed by atoms with E-state index in [9.17, 15) is 4.79 Å². The number of carbonyl (C=O) groups excluding carboxylic acids is 1. The van der Waals surface area contributed by atoms with Gasteiger partial charge in [-0.25, -0.2) is 4.98 Å². The van der Waals surface area contributed by atoms with Crippen LogP contribution in [-0.4, -0.2) is 16.9 Å². The Bertz CT molecular complexity index is 404. The zero-order chi connectivity index (χ0) is 14.3. The van der Waals surface area contributed by atoms with E-state index in [0.717, 1.165) is 12.8 Å². The van der Waals surface area contributed by atoms with Gasteiger partial charge in [-0.05, 0) is 25.5 Å². The van der Waals surface area contributed by atoms with E-state index in [1.165, 1.54) is 31.4 Å². The first-order valence-electron chi connectivity index (χ1n) is 6.67. The molecule has 1 aromatic rings. The average Bonchev–Trinajstić information content (AvgIpc) is 2.33. The lowest BCUT2D eigenvalue weighted by Gasteiger charge is -2.14. The normalized spacial score (nSPS) is 12.2. The van der Waals surface area contributed by atoms with Gasteiger partial charge in [-0.1, -0.05) is 55.8 Å². The topological polar surface area (TPSA) is 42.0 Å². The third-order valence-electron chi connectivity index (χ3n) is 2.89. The highest BCUT2D eigenvalue weighted by Crippen LogP contribution is 2.15. The zero-order valence-corrected chi connectivity index (χ0v) is 12.9. The number of unbranched alkanes of at least 4 members (excludes halogenated alkanes) is 3. The summed E-state index contributed by atoms with van der Waals surface area (Å²) in [6.07, 6.45) is 5.79. The minimum atomic E-state index is -0.158. The standard InChI is InChI=1S/C14H20Cl2N2O/c1-3-4-5-6-7-10(2)17-14(19)11-8-12(15)18-13(16)9-11/h8-10H,3-7H2,1-2H3,(H,17,19). The van der Waals surface area contributed by atoms with E-state index in [1.807, 2.05) is 6.92 Å². The number of pyridine rings is 1. The van der Waals surface area contributed by atoms with Crippen LogP contribution in [0.1, 0.15) is 56.3 Å². The van der Waals surface area contributed by atoms with Crippen molar-refractivity contribution in [2.45, 2.75) is 52.0 Å². The maximum Gasteiger partial charge on any atom is 0.251 e. The van der Waals surface area contributed by atoms with Crippen LogP contribution in [0.3, 0.4) is 0 Å². The molecule has 1 atom stereocenters. The first kappa shape index (κ1) is 16.3. The van der Waals surface area contributed by atoms with Crippen LogP contribution in [-0.2, 0) is 0 Å². The number of hydrogen-bond acceptors (Lipinski definition) is 2. The predicted molar refractivity (Wildman–Crippen MR) is 79.9 cm³/mol. The summed E-state index contributed by atoms with van der Waals surface area (Å²) in [6, 6.07) is 3.19. The maximum atomic E-state index is 12.0. The molecule has 0 radical (unpaired) electrons. The van der Waals surface area contributed by atoms with Crippen molar-refractivity contribution in [1.29, 1.82) is 0 Å². The molecule has 1 aromatic heterocycles. The number of aromatic nitrogens is 1. The number of carbonyl (C=O) groups is 1. The monoisotopic (exact) mass is 302 g/mol. The maximum absolute atomic E-state index is 12.0. The molecule has 106 valence electrons. The lowest BCUT2D eigenvalue weighted by Crippen LogP contribution is -2.32. The second-order valence-corrected chi connectivity index (χ2v) is 5.50. The zero-order valence-electron chi connectivity index (χ0n) is 11.4. The van der Waals surface area contributed by atoms with Gasteiger partial charge in [0.15, 0.2) is 0 Å². The minimum Gasteiger partial charge on any atom is -0.350 e.